The van der Waals surface area contributed by atoms with E-state index in [1.165, 1.54) is 0 Å². The van der Waals surface area contributed by atoms with Crippen LogP contribution in [0, 0.1) is 6.07 Å². The number of rotatable bonds is 3. The molecule has 1 N–H and O–H groups in total. The highest BCUT2D eigenvalue weighted by Crippen LogP contribution is 2.23. The monoisotopic (exact) mass is 167 g/mol. The summed E-state index contributed by atoms with van der Waals surface area (Å²) in [5, 5.41) is 11.8. The van der Waals surface area contributed by atoms with E-state index in [9.17, 15) is 0 Å². The second kappa shape index (κ2) is 3.67. The van der Waals surface area contributed by atoms with E-state index in [2.05, 4.69) is 16.0 Å². The van der Waals surface area contributed by atoms with Crippen molar-refractivity contribution in [3.05, 3.63) is 35.9 Å². The lowest BCUT2D eigenvalue weighted by Crippen LogP contribution is -2.21. The average molecular weight is 167 g/mol. The summed E-state index contributed by atoms with van der Waals surface area (Å²) in [7, 11) is 0. The maximum Gasteiger partial charge on any atom is 0.127 e. The van der Waals surface area contributed by atoms with E-state index in [0.29, 0.717) is 0 Å². The normalized spacial score (nSPS) is 11.6. The van der Waals surface area contributed by atoms with Gasteiger partial charge in [0.25, 0.3) is 0 Å². The van der Waals surface area contributed by atoms with Gasteiger partial charge in [0.15, 0.2) is 0 Å². The molecule has 3 heteroatoms. The van der Waals surface area contributed by atoms with Gasteiger partial charge in [-0.15, -0.1) is 0 Å². The fourth-order valence-corrected chi connectivity index (χ4v) is 0.906. The van der Waals surface area contributed by atoms with Crippen LogP contribution in [0.3, 0.4) is 0 Å². The van der Waals surface area contributed by atoms with Crippen LogP contribution >= 0.6 is 0 Å². The second-order valence-electron chi connectivity index (χ2n) is 2.94. The molecule has 1 rings (SSSR count). The molecule has 1 aromatic carbocycles. The first-order valence-corrected chi connectivity index (χ1v) is 3.63. The van der Waals surface area contributed by atoms with E-state index in [-0.39, 0.29) is 0 Å². The number of benzene rings is 1. The van der Waals surface area contributed by atoms with Crippen molar-refractivity contribution in [1.82, 2.24) is 0 Å². The highest BCUT2D eigenvalue weighted by molar-refractivity contribution is 5.19. The zero-order valence-corrected chi connectivity index (χ0v) is 7.07. The number of hydrogen-bond acceptors (Lipinski definition) is 3. The summed E-state index contributed by atoms with van der Waals surface area (Å²) < 4.78 is 0. The molecule has 65 valence electrons. The van der Waals surface area contributed by atoms with E-state index in [0.717, 1.165) is 5.56 Å². The fourth-order valence-electron chi connectivity index (χ4n) is 0.906. The van der Waals surface area contributed by atoms with Gasteiger partial charge in [0.1, 0.15) is 5.60 Å². The Morgan fingerprint density at radius 3 is 2.67 bits per heavy atom. The zero-order valence-electron chi connectivity index (χ0n) is 7.07. The molecule has 0 aliphatic heterocycles. The Morgan fingerprint density at radius 1 is 1.42 bits per heavy atom. The van der Waals surface area contributed by atoms with Crippen molar-refractivity contribution >= 4 is 0 Å². The lowest BCUT2D eigenvalue weighted by molar-refractivity contribution is -0.525. The average Bonchev–Trinajstić information content (AvgIpc) is 2.06. The van der Waals surface area contributed by atoms with Gasteiger partial charge in [0.05, 0.1) is 0 Å². The zero-order chi connectivity index (χ0) is 9.03. The molecule has 1 radical (unpaired) electrons. The van der Waals surface area contributed by atoms with Crippen LogP contribution in [-0.2, 0) is 15.5 Å². The van der Waals surface area contributed by atoms with Gasteiger partial charge in [-0.3, -0.25) is 0 Å². The molecule has 0 atom stereocenters. The van der Waals surface area contributed by atoms with Crippen LogP contribution in [0.5, 0.6) is 0 Å². The van der Waals surface area contributed by atoms with E-state index < -0.39 is 5.60 Å². The van der Waals surface area contributed by atoms with Crippen LogP contribution in [0.15, 0.2) is 24.3 Å². The third-order valence-corrected chi connectivity index (χ3v) is 1.60. The summed E-state index contributed by atoms with van der Waals surface area (Å²) in [4.78, 5) is 4.64. The van der Waals surface area contributed by atoms with Crippen molar-refractivity contribution in [2.24, 2.45) is 0 Å². The smallest absolute Gasteiger partial charge is 0.127 e. The lowest BCUT2D eigenvalue weighted by Gasteiger charge is -2.20. The minimum Gasteiger partial charge on any atom is -0.221 e. The van der Waals surface area contributed by atoms with Crippen LogP contribution in [0.2, 0.25) is 0 Å². The van der Waals surface area contributed by atoms with Gasteiger partial charge in [-0.25, -0.2) is 5.26 Å². The molecule has 0 aromatic heterocycles. The summed E-state index contributed by atoms with van der Waals surface area (Å²) >= 11 is 0. The Hall–Kier alpha value is -0.900. The quantitative estimate of drug-likeness (QED) is 0.553. The highest BCUT2D eigenvalue weighted by Gasteiger charge is 2.22. The van der Waals surface area contributed by atoms with Gasteiger partial charge in [0, 0.05) is 0 Å². The van der Waals surface area contributed by atoms with Crippen LogP contribution in [-0.4, -0.2) is 5.26 Å². The molecule has 0 heterocycles. The molecule has 3 nitrogen and oxygen atoms in total. The first-order valence-electron chi connectivity index (χ1n) is 3.63. The maximum atomic E-state index is 8.13. The Morgan fingerprint density at radius 2 is 2.17 bits per heavy atom. The lowest BCUT2D eigenvalue weighted by atomic mass is 9.99. The molecule has 0 fully saturated rings. The standard InChI is InChI=1S/C9H11O3/c1-9(2,11-12-10)8-6-4-3-5-7-8/h3-6,10H,1-2H3. The van der Waals surface area contributed by atoms with Gasteiger partial charge in [0.2, 0.25) is 0 Å². The van der Waals surface area contributed by atoms with Gasteiger partial charge in [-0.2, -0.15) is 4.89 Å². The Labute approximate surface area is 71.4 Å². The topological polar surface area (TPSA) is 38.7 Å². The SMILES string of the molecule is CC(C)(OOO)c1[c]cccc1. The predicted molar refractivity (Wildman–Crippen MR) is 43.1 cm³/mol. The molecule has 0 aliphatic carbocycles. The molecule has 0 spiro atoms. The van der Waals surface area contributed by atoms with Crippen LogP contribution < -0.4 is 0 Å². The number of hydrogen-bond donors (Lipinski definition) is 1. The van der Waals surface area contributed by atoms with Crippen molar-refractivity contribution in [1.29, 1.82) is 0 Å². The third-order valence-electron chi connectivity index (χ3n) is 1.60. The van der Waals surface area contributed by atoms with Crippen molar-refractivity contribution < 1.29 is 15.2 Å². The first-order chi connectivity index (χ1) is 5.67. The van der Waals surface area contributed by atoms with Gasteiger partial charge in [-0.1, -0.05) is 29.3 Å². The van der Waals surface area contributed by atoms with E-state index in [1.54, 1.807) is 19.9 Å². The van der Waals surface area contributed by atoms with E-state index >= 15 is 0 Å². The molecule has 0 bridgehead atoms. The van der Waals surface area contributed by atoms with Crippen molar-refractivity contribution in [2.75, 3.05) is 0 Å². The molecule has 12 heavy (non-hydrogen) atoms. The van der Waals surface area contributed by atoms with Crippen molar-refractivity contribution in [3.63, 3.8) is 0 Å². The molecule has 0 aliphatic rings. The summed E-state index contributed by atoms with van der Waals surface area (Å²) in [6.07, 6.45) is 0. The molecule has 1 aromatic rings. The third kappa shape index (κ3) is 2.04. The van der Waals surface area contributed by atoms with Gasteiger partial charge >= 0.3 is 0 Å². The maximum absolute atomic E-state index is 8.13. The van der Waals surface area contributed by atoms with Crippen LogP contribution in [0.1, 0.15) is 19.4 Å². The summed E-state index contributed by atoms with van der Waals surface area (Å²) in [5.74, 6) is 0. The van der Waals surface area contributed by atoms with Crippen LogP contribution in [0.25, 0.3) is 0 Å². The van der Waals surface area contributed by atoms with Crippen molar-refractivity contribution in [3.8, 4) is 0 Å². The van der Waals surface area contributed by atoms with Gasteiger partial charge < -0.3 is 0 Å². The Balaban J connectivity index is 2.82. The first kappa shape index (κ1) is 9.19. The Bertz CT molecular complexity index is 231. The molecule has 0 saturated heterocycles. The Kier molecular flexibility index (Phi) is 2.81. The van der Waals surface area contributed by atoms with E-state index in [4.69, 9.17) is 5.26 Å². The minimum absolute atomic E-state index is 0.685. The predicted octanol–water partition coefficient (Wildman–Crippen LogP) is 2.14. The largest absolute Gasteiger partial charge is 0.221 e. The second-order valence-corrected chi connectivity index (χ2v) is 2.94. The summed E-state index contributed by atoms with van der Waals surface area (Å²) in [6, 6.07) is 10.3. The van der Waals surface area contributed by atoms with Gasteiger partial charge in [-0.05, 0) is 25.5 Å². The fraction of sp³-hybridized carbons (Fsp3) is 0.333. The molecule has 0 unspecified atom stereocenters. The van der Waals surface area contributed by atoms with E-state index in [1.807, 2.05) is 18.2 Å². The highest BCUT2D eigenvalue weighted by atomic mass is 17.5. The minimum atomic E-state index is -0.685. The molecule has 0 amide bonds. The van der Waals surface area contributed by atoms with Crippen LogP contribution in [0.4, 0.5) is 0 Å². The molecule has 0 saturated carbocycles. The summed E-state index contributed by atoms with van der Waals surface area (Å²) in [5.41, 5.74) is 0.134. The molecular weight excluding hydrogens is 156 g/mol. The molecular formula is C9H11O3. The summed E-state index contributed by atoms with van der Waals surface area (Å²) in [6.45, 7) is 3.55. The van der Waals surface area contributed by atoms with Crippen molar-refractivity contribution in [2.45, 2.75) is 19.4 Å².